The van der Waals surface area contributed by atoms with Gasteiger partial charge in [0.25, 0.3) is 0 Å². The number of hydrogen-bond acceptors (Lipinski definition) is 5. The summed E-state index contributed by atoms with van der Waals surface area (Å²) in [6.45, 7) is 6.41. The van der Waals surface area contributed by atoms with Crippen LogP contribution in [0.5, 0.6) is 0 Å². The van der Waals surface area contributed by atoms with Gasteiger partial charge in [0.05, 0.1) is 11.8 Å². The first-order chi connectivity index (χ1) is 9.13. The molecule has 0 aromatic carbocycles. The molecule has 0 bridgehead atoms. The third-order valence-corrected chi connectivity index (χ3v) is 3.87. The van der Waals surface area contributed by atoms with E-state index in [9.17, 15) is 0 Å². The van der Waals surface area contributed by atoms with Gasteiger partial charge in [-0.25, -0.2) is 0 Å². The van der Waals surface area contributed by atoms with Crippen LogP contribution in [-0.2, 0) is 0 Å². The second-order valence-electron chi connectivity index (χ2n) is 5.32. The lowest BCUT2D eigenvalue weighted by atomic mass is 9.86. The number of anilines is 1. The molecule has 0 atom stereocenters. The van der Waals surface area contributed by atoms with Crippen molar-refractivity contribution in [2.45, 2.75) is 26.7 Å². The Kier molecular flexibility index (Phi) is 4.19. The van der Waals surface area contributed by atoms with Crippen molar-refractivity contribution in [2.24, 2.45) is 22.7 Å². The van der Waals surface area contributed by atoms with E-state index in [2.05, 4.69) is 34.1 Å². The predicted molar refractivity (Wildman–Crippen MR) is 74.3 cm³/mol. The minimum absolute atomic E-state index is 0.0795. The van der Waals surface area contributed by atoms with Gasteiger partial charge in [0, 0.05) is 13.1 Å². The molecule has 19 heavy (non-hydrogen) atoms. The van der Waals surface area contributed by atoms with E-state index in [1.807, 2.05) is 0 Å². The molecule has 1 saturated heterocycles. The van der Waals surface area contributed by atoms with Crippen LogP contribution in [0.15, 0.2) is 17.4 Å². The Labute approximate surface area is 113 Å². The van der Waals surface area contributed by atoms with E-state index in [-0.39, 0.29) is 5.84 Å². The van der Waals surface area contributed by atoms with E-state index >= 15 is 0 Å². The van der Waals surface area contributed by atoms with Gasteiger partial charge < -0.3 is 15.8 Å². The average Bonchev–Trinajstić information content (AvgIpc) is 2.46. The SMILES string of the molecule is CC(C)C1CCN(c2nnccc2/C(N)=N/O)CC1. The maximum Gasteiger partial charge on any atom is 0.173 e. The zero-order valence-corrected chi connectivity index (χ0v) is 11.5. The Bertz CT molecular complexity index is 452. The lowest BCUT2D eigenvalue weighted by molar-refractivity contribution is 0.310. The smallest absolute Gasteiger partial charge is 0.173 e. The fourth-order valence-electron chi connectivity index (χ4n) is 2.59. The van der Waals surface area contributed by atoms with E-state index in [1.54, 1.807) is 12.3 Å². The number of amidine groups is 1. The third-order valence-electron chi connectivity index (χ3n) is 3.87. The molecule has 0 unspecified atom stereocenters. The first kappa shape index (κ1) is 13.6. The number of hydrogen-bond donors (Lipinski definition) is 2. The normalized spacial score (nSPS) is 18.1. The van der Waals surface area contributed by atoms with Gasteiger partial charge in [-0.15, -0.1) is 5.10 Å². The summed E-state index contributed by atoms with van der Waals surface area (Å²) in [5.74, 6) is 2.27. The van der Waals surface area contributed by atoms with Gasteiger partial charge in [0.15, 0.2) is 11.7 Å². The Hall–Kier alpha value is -1.85. The second kappa shape index (κ2) is 5.86. The number of nitrogens with two attached hydrogens (primary N) is 1. The van der Waals surface area contributed by atoms with Crippen LogP contribution in [0, 0.1) is 11.8 Å². The first-order valence-electron chi connectivity index (χ1n) is 6.68. The van der Waals surface area contributed by atoms with Crippen molar-refractivity contribution in [3.05, 3.63) is 17.8 Å². The molecule has 1 aromatic rings. The molecule has 0 spiro atoms. The standard InChI is InChI=1S/C13H21N5O/c1-9(2)10-4-7-18(8-5-10)13-11(12(14)17-19)3-6-15-16-13/h3,6,9-10,19H,4-5,7-8H2,1-2H3,(H2,14,17). The molecule has 1 aromatic heterocycles. The molecule has 0 saturated carbocycles. The summed E-state index contributed by atoms with van der Waals surface area (Å²) in [5.41, 5.74) is 6.32. The molecule has 6 nitrogen and oxygen atoms in total. The molecular formula is C13H21N5O. The van der Waals surface area contributed by atoms with Crippen LogP contribution in [-0.4, -0.2) is 34.3 Å². The molecule has 1 aliphatic heterocycles. The third kappa shape index (κ3) is 2.94. The van der Waals surface area contributed by atoms with Crippen LogP contribution in [0.3, 0.4) is 0 Å². The molecule has 1 aliphatic rings. The molecule has 0 amide bonds. The van der Waals surface area contributed by atoms with E-state index in [0.29, 0.717) is 17.3 Å². The summed E-state index contributed by atoms with van der Waals surface area (Å²) >= 11 is 0. The van der Waals surface area contributed by atoms with Gasteiger partial charge >= 0.3 is 0 Å². The van der Waals surface area contributed by atoms with Crippen molar-refractivity contribution in [1.82, 2.24) is 10.2 Å². The average molecular weight is 263 g/mol. The van der Waals surface area contributed by atoms with Gasteiger partial charge in [0.1, 0.15) is 0 Å². The Balaban J connectivity index is 2.16. The van der Waals surface area contributed by atoms with Crippen molar-refractivity contribution in [3.8, 4) is 0 Å². The number of aromatic nitrogens is 2. The minimum atomic E-state index is 0.0795. The molecule has 2 heterocycles. The van der Waals surface area contributed by atoms with Gasteiger partial charge in [0.2, 0.25) is 0 Å². The fourth-order valence-corrected chi connectivity index (χ4v) is 2.59. The Morgan fingerprint density at radius 3 is 2.74 bits per heavy atom. The summed E-state index contributed by atoms with van der Waals surface area (Å²) < 4.78 is 0. The van der Waals surface area contributed by atoms with Gasteiger partial charge in [-0.3, -0.25) is 0 Å². The summed E-state index contributed by atoms with van der Waals surface area (Å²) in [5, 5.41) is 19.9. The topological polar surface area (TPSA) is 87.6 Å². The summed E-state index contributed by atoms with van der Waals surface area (Å²) in [7, 11) is 0. The summed E-state index contributed by atoms with van der Waals surface area (Å²) in [6.07, 6.45) is 3.84. The quantitative estimate of drug-likeness (QED) is 0.373. The minimum Gasteiger partial charge on any atom is -0.409 e. The second-order valence-corrected chi connectivity index (χ2v) is 5.32. The van der Waals surface area contributed by atoms with Crippen LogP contribution < -0.4 is 10.6 Å². The van der Waals surface area contributed by atoms with E-state index < -0.39 is 0 Å². The molecule has 0 radical (unpaired) electrons. The monoisotopic (exact) mass is 263 g/mol. The highest BCUT2D eigenvalue weighted by atomic mass is 16.4. The zero-order chi connectivity index (χ0) is 13.8. The van der Waals surface area contributed by atoms with Crippen LogP contribution in [0.1, 0.15) is 32.3 Å². The molecule has 2 rings (SSSR count). The van der Waals surface area contributed by atoms with Crippen LogP contribution in [0.2, 0.25) is 0 Å². The number of rotatable bonds is 3. The van der Waals surface area contributed by atoms with Crippen molar-refractivity contribution in [3.63, 3.8) is 0 Å². The van der Waals surface area contributed by atoms with Crippen molar-refractivity contribution in [1.29, 1.82) is 0 Å². The van der Waals surface area contributed by atoms with Crippen molar-refractivity contribution < 1.29 is 5.21 Å². The van der Waals surface area contributed by atoms with E-state index in [1.165, 1.54) is 0 Å². The number of piperidine rings is 1. The molecule has 1 fully saturated rings. The molecule has 104 valence electrons. The Morgan fingerprint density at radius 1 is 1.47 bits per heavy atom. The highest BCUT2D eigenvalue weighted by Crippen LogP contribution is 2.28. The van der Waals surface area contributed by atoms with Gasteiger partial charge in [-0.05, 0) is 30.7 Å². The van der Waals surface area contributed by atoms with Crippen LogP contribution >= 0.6 is 0 Å². The van der Waals surface area contributed by atoms with E-state index in [4.69, 9.17) is 10.9 Å². The molecular weight excluding hydrogens is 242 g/mol. The fraction of sp³-hybridized carbons (Fsp3) is 0.615. The van der Waals surface area contributed by atoms with Crippen LogP contribution in [0.4, 0.5) is 5.82 Å². The molecule has 0 aliphatic carbocycles. The van der Waals surface area contributed by atoms with Crippen LogP contribution in [0.25, 0.3) is 0 Å². The molecule has 3 N–H and O–H groups in total. The van der Waals surface area contributed by atoms with Gasteiger partial charge in [-0.2, -0.15) is 5.10 Å². The van der Waals surface area contributed by atoms with Gasteiger partial charge in [-0.1, -0.05) is 19.0 Å². The van der Waals surface area contributed by atoms with Crippen molar-refractivity contribution in [2.75, 3.05) is 18.0 Å². The predicted octanol–water partition coefficient (Wildman–Crippen LogP) is 1.44. The summed E-state index contributed by atoms with van der Waals surface area (Å²) in [4.78, 5) is 2.17. The highest BCUT2D eigenvalue weighted by molar-refractivity contribution is 6.01. The first-order valence-corrected chi connectivity index (χ1v) is 6.68. The van der Waals surface area contributed by atoms with Crippen molar-refractivity contribution >= 4 is 11.7 Å². The zero-order valence-electron chi connectivity index (χ0n) is 11.5. The largest absolute Gasteiger partial charge is 0.409 e. The summed E-state index contributed by atoms with van der Waals surface area (Å²) in [6, 6.07) is 1.73. The lowest BCUT2D eigenvalue weighted by Crippen LogP contribution is -2.37. The van der Waals surface area contributed by atoms with E-state index in [0.717, 1.165) is 31.8 Å². The lowest BCUT2D eigenvalue weighted by Gasteiger charge is -2.34. The molecule has 6 heteroatoms. The number of nitrogens with zero attached hydrogens (tertiary/aromatic N) is 4. The Morgan fingerprint density at radius 2 is 2.16 bits per heavy atom. The highest BCUT2D eigenvalue weighted by Gasteiger charge is 2.24. The number of oxime groups is 1. The maximum atomic E-state index is 8.82. The maximum absolute atomic E-state index is 8.82.